The van der Waals surface area contributed by atoms with E-state index in [0.29, 0.717) is 17.9 Å². The first-order valence-corrected chi connectivity index (χ1v) is 9.05. The largest absolute Gasteiger partial charge is 0.497 e. The molecule has 0 bridgehead atoms. The van der Waals surface area contributed by atoms with Gasteiger partial charge in [-0.25, -0.2) is 0 Å². The molecule has 0 spiro atoms. The van der Waals surface area contributed by atoms with Crippen LogP contribution in [0, 0.1) is 5.92 Å². The molecular weight excluding hydrogens is 344 g/mol. The van der Waals surface area contributed by atoms with Crippen molar-refractivity contribution in [1.29, 1.82) is 0 Å². The molecule has 0 saturated carbocycles. The number of nitrogens with zero attached hydrogens (tertiary/aromatic N) is 2. The van der Waals surface area contributed by atoms with Gasteiger partial charge in [0.05, 0.1) is 18.6 Å². The van der Waals surface area contributed by atoms with Crippen molar-refractivity contribution in [3.8, 4) is 5.75 Å². The summed E-state index contributed by atoms with van der Waals surface area (Å²) in [5, 5.41) is 9.68. The SMILES string of the molecule is COc1cccc([C@H]2CN(C(=O)c3ccn(C(C)(C)C)c3)C[C@@H]2C(=O)O)c1. The van der Waals surface area contributed by atoms with E-state index >= 15 is 0 Å². The Morgan fingerprint density at radius 3 is 2.52 bits per heavy atom. The number of carbonyl (C=O) groups is 2. The number of carboxylic acids is 1. The van der Waals surface area contributed by atoms with Gasteiger partial charge in [0.1, 0.15) is 5.75 Å². The summed E-state index contributed by atoms with van der Waals surface area (Å²) in [6, 6.07) is 9.22. The maximum absolute atomic E-state index is 13.0. The Morgan fingerprint density at radius 1 is 1.19 bits per heavy atom. The summed E-state index contributed by atoms with van der Waals surface area (Å²) in [6.07, 6.45) is 3.72. The number of methoxy groups -OCH3 is 1. The molecule has 2 atom stereocenters. The summed E-state index contributed by atoms with van der Waals surface area (Å²) in [4.78, 5) is 26.4. The number of aliphatic carboxylic acids is 1. The molecule has 2 aromatic rings. The van der Waals surface area contributed by atoms with Gasteiger partial charge < -0.3 is 19.3 Å². The van der Waals surface area contributed by atoms with E-state index in [0.717, 1.165) is 5.56 Å². The molecule has 144 valence electrons. The second-order valence-corrected chi connectivity index (χ2v) is 8.02. The Balaban J connectivity index is 1.84. The predicted octanol–water partition coefficient (Wildman–Crippen LogP) is 3.19. The lowest BCUT2D eigenvalue weighted by Crippen LogP contribution is -2.30. The van der Waals surface area contributed by atoms with E-state index in [-0.39, 0.29) is 23.9 Å². The van der Waals surface area contributed by atoms with Gasteiger partial charge in [-0.15, -0.1) is 0 Å². The number of amides is 1. The predicted molar refractivity (Wildman–Crippen MR) is 102 cm³/mol. The van der Waals surface area contributed by atoms with Crippen LogP contribution in [-0.2, 0) is 10.3 Å². The van der Waals surface area contributed by atoms with E-state index in [1.54, 1.807) is 18.1 Å². The first-order valence-electron chi connectivity index (χ1n) is 9.05. The van der Waals surface area contributed by atoms with E-state index in [1.165, 1.54) is 0 Å². The summed E-state index contributed by atoms with van der Waals surface area (Å²) in [7, 11) is 1.58. The normalized spacial score (nSPS) is 19.9. The minimum atomic E-state index is -0.884. The van der Waals surface area contributed by atoms with Crippen molar-refractivity contribution in [3.05, 3.63) is 53.9 Å². The van der Waals surface area contributed by atoms with Crippen LogP contribution in [0.25, 0.3) is 0 Å². The Morgan fingerprint density at radius 2 is 1.93 bits per heavy atom. The molecule has 1 amide bonds. The highest BCUT2D eigenvalue weighted by molar-refractivity contribution is 5.95. The molecule has 1 N–H and O–H groups in total. The Kier molecular flexibility index (Phi) is 5.00. The van der Waals surface area contributed by atoms with E-state index < -0.39 is 11.9 Å². The zero-order valence-corrected chi connectivity index (χ0v) is 16.2. The number of benzene rings is 1. The van der Waals surface area contributed by atoms with Gasteiger partial charge in [-0.2, -0.15) is 0 Å². The molecule has 1 aliphatic rings. The average molecular weight is 370 g/mol. The highest BCUT2D eigenvalue weighted by Gasteiger charge is 2.41. The molecule has 1 aromatic carbocycles. The molecule has 0 aliphatic carbocycles. The fourth-order valence-electron chi connectivity index (χ4n) is 3.55. The summed E-state index contributed by atoms with van der Waals surface area (Å²) in [5.41, 5.74) is 1.35. The molecule has 6 nitrogen and oxygen atoms in total. The minimum absolute atomic E-state index is 0.115. The van der Waals surface area contributed by atoms with Crippen molar-refractivity contribution < 1.29 is 19.4 Å². The lowest BCUT2D eigenvalue weighted by molar-refractivity contribution is -0.141. The van der Waals surface area contributed by atoms with E-state index in [4.69, 9.17) is 4.74 Å². The Labute approximate surface area is 159 Å². The standard InChI is InChI=1S/C21H26N2O4/c1-21(2,3)23-9-8-15(11-23)19(24)22-12-17(18(13-22)20(25)26)14-6-5-7-16(10-14)27-4/h5-11,17-18H,12-13H2,1-4H3,(H,25,26)/t17-,18+/m1/s1. The second kappa shape index (κ2) is 7.10. The van der Waals surface area contributed by atoms with Crippen LogP contribution in [0.15, 0.2) is 42.7 Å². The maximum Gasteiger partial charge on any atom is 0.308 e. The lowest BCUT2D eigenvalue weighted by Gasteiger charge is -2.21. The van der Waals surface area contributed by atoms with Crippen LogP contribution in [0.4, 0.5) is 0 Å². The van der Waals surface area contributed by atoms with E-state index in [9.17, 15) is 14.7 Å². The summed E-state index contributed by atoms with van der Waals surface area (Å²) < 4.78 is 7.25. The van der Waals surface area contributed by atoms with Gasteiger partial charge in [-0.05, 0) is 44.5 Å². The molecule has 3 rings (SSSR count). The van der Waals surface area contributed by atoms with Gasteiger partial charge in [-0.1, -0.05) is 12.1 Å². The van der Waals surface area contributed by atoms with Crippen molar-refractivity contribution in [2.45, 2.75) is 32.2 Å². The number of ether oxygens (including phenoxy) is 1. The van der Waals surface area contributed by atoms with Gasteiger partial charge in [0.15, 0.2) is 0 Å². The molecule has 2 heterocycles. The van der Waals surface area contributed by atoms with Crippen molar-refractivity contribution in [1.82, 2.24) is 9.47 Å². The fourth-order valence-corrected chi connectivity index (χ4v) is 3.55. The fraction of sp³-hybridized carbons (Fsp3) is 0.429. The van der Waals surface area contributed by atoms with Crippen LogP contribution in [-0.4, -0.2) is 46.6 Å². The number of aromatic nitrogens is 1. The van der Waals surface area contributed by atoms with Crippen molar-refractivity contribution in [2.24, 2.45) is 5.92 Å². The number of likely N-dealkylation sites (tertiary alicyclic amines) is 1. The number of hydrogen-bond donors (Lipinski definition) is 1. The highest BCUT2D eigenvalue weighted by atomic mass is 16.5. The van der Waals surface area contributed by atoms with Gasteiger partial charge in [0.25, 0.3) is 5.91 Å². The van der Waals surface area contributed by atoms with Crippen LogP contribution in [0.1, 0.15) is 42.6 Å². The summed E-state index contributed by atoms with van der Waals surface area (Å²) >= 11 is 0. The number of carboxylic acid groups (broad SMARTS) is 1. The monoisotopic (exact) mass is 370 g/mol. The quantitative estimate of drug-likeness (QED) is 0.897. The molecule has 27 heavy (non-hydrogen) atoms. The molecular formula is C21H26N2O4. The summed E-state index contributed by atoms with van der Waals surface area (Å²) in [5.74, 6) is -1.22. The lowest BCUT2D eigenvalue weighted by atomic mass is 9.89. The maximum atomic E-state index is 13.0. The minimum Gasteiger partial charge on any atom is -0.497 e. The molecule has 0 unspecified atom stereocenters. The van der Waals surface area contributed by atoms with Crippen molar-refractivity contribution in [2.75, 3.05) is 20.2 Å². The van der Waals surface area contributed by atoms with Crippen molar-refractivity contribution >= 4 is 11.9 Å². The summed E-state index contributed by atoms with van der Waals surface area (Å²) in [6.45, 7) is 6.78. The third kappa shape index (κ3) is 3.84. The molecule has 0 radical (unpaired) electrons. The van der Waals surface area contributed by atoms with Crippen LogP contribution >= 0.6 is 0 Å². The van der Waals surface area contributed by atoms with Gasteiger partial charge in [0.2, 0.25) is 0 Å². The van der Waals surface area contributed by atoms with Crippen molar-refractivity contribution in [3.63, 3.8) is 0 Å². The second-order valence-electron chi connectivity index (χ2n) is 8.02. The topological polar surface area (TPSA) is 71.8 Å². The number of rotatable bonds is 4. The van der Waals surface area contributed by atoms with E-state index in [1.807, 2.05) is 41.2 Å². The average Bonchev–Trinajstić information content (AvgIpc) is 3.28. The Hall–Kier alpha value is -2.76. The number of carbonyl (C=O) groups excluding carboxylic acids is 1. The van der Waals surface area contributed by atoms with E-state index in [2.05, 4.69) is 20.8 Å². The number of hydrogen-bond acceptors (Lipinski definition) is 3. The van der Waals surface area contributed by atoms with Gasteiger partial charge in [0, 0.05) is 36.9 Å². The molecule has 6 heteroatoms. The van der Waals surface area contributed by atoms with Gasteiger partial charge >= 0.3 is 5.97 Å². The van der Waals surface area contributed by atoms with Crippen LogP contribution in [0.2, 0.25) is 0 Å². The smallest absolute Gasteiger partial charge is 0.308 e. The van der Waals surface area contributed by atoms with Crippen LogP contribution in [0.3, 0.4) is 0 Å². The molecule has 1 saturated heterocycles. The Bertz CT molecular complexity index is 850. The first-order chi connectivity index (χ1) is 12.7. The highest BCUT2D eigenvalue weighted by Crippen LogP contribution is 2.35. The first kappa shape index (κ1) is 19.0. The molecule has 1 aliphatic heterocycles. The zero-order chi connectivity index (χ0) is 19.8. The third-order valence-electron chi connectivity index (χ3n) is 5.16. The molecule has 1 aromatic heterocycles. The molecule has 1 fully saturated rings. The third-order valence-corrected chi connectivity index (χ3v) is 5.16. The van der Waals surface area contributed by atoms with Crippen LogP contribution < -0.4 is 4.74 Å². The van der Waals surface area contributed by atoms with Gasteiger partial charge in [-0.3, -0.25) is 9.59 Å². The van der Waals surface area contributed by atoms with Crippen LogP contribution in [0.5, 0.6) is 5.75 Å². The zero-order valence-electron chi connectivity index (χ0n) is 16.2.